The number of benzene rings is 2. The van der Waals surface area contributed by atoms with Gasteiger partial charge in [0.2, 0.25) is 5.91 Å². The van der Waals surface area contributed by atoms with Crippen molar-refractivity contribution in [2.75, 3.05) is 5.32 Å². The highest BCUT2D eigenvalue weighted by Gasteiger charge is 2.15. The number of nitro benzene ring substituents is 1. The van der Waals surface area contributed by atoms with Crippen LogP contribution in [0.3, 0.4) is 0 Å². The van der Waals surface area contributed by atoms with E-state index in [-0.39, 0.29) is 22.7 Å². The number of carbonyl (C=O) groups excluding carboxylic acids is 2. The molecule has 0 unspecified atom stereocenters. The topological polar surface area (TPSA) is 114 Å². The molecule has 0 saturated carbocycles. The van der Waals surface area contributed by atoms with E-state index in [1.807, 2.05) is 0 Å². The van der Waals surface area contributed by atoms with Gasteiger partial charge in [-0.1, -0.05) is 11.6 Å². The summed E-state index contributed by atoms with van der Waals surface area (Å²) >= 11 is 5.75. The van der Waals surface area contributed by atoms with Crippen LogP contribution in [0.4, 0.5) is 15.8 Å². The van der Waals surface area contributed by atoms with Gasteiger partial charge in [0.25, 0.3) is 11.6 Å². The standard InChI is InChI=1S/C17H14ClFN4O4/c1-10(8-16(24)20-13-5-3-12(19)4-6-13)21-22-17(25)11-2-7-15(23(26)27)14(18)9-11/h2-7,9H,8H2,1H3,(H,20,24)(H,22,25). The Hall–Kier alpha value is -3.33. The molecular formula is C17H14ClFN4O4. The molecule has 0 aliphatic heterocycles. The lowest BCUT2D eigenvalue weighted by molar-refractivity contribution is -0.384. The van der Waals surface area contributed by atoms with Gasteiger partial charge in [-0.15, -0.1) is 0 Å². The maximum absolute atomic E-state index is 12.8. The molecule has 0 heterocycles. The SMILES string of the molecule is CC(CC(=O)Nc1ccc(F)cc1)=NNC(=O)c1ccc([N+](=O)[O-])c(Cl)c1. The van der Waals surface area contributed by atoms with E-state index in [4.69, 9.17) is 11.6 Å². The maximum Gasteiger partial charge on any atom is 0.287 e. The number of nitrogens with one attached hydrogen (secondary N) is 2. The van der Waals surface area contributed by atoms with E-state index in [1.54, 1.807) is 0 Å². The van der Waals surface area contributed by atoms with Gasteiger partial charge in [0, 0.05) is 23.0 Å². The van der Waals surface area contributed by atoms with Crippen LogP contribution in [-0.2, 0) is 4.79 Å². The van der Waals surface area contributed by atoms with Crippen LogP contribution in [0.5, 0.6) is 0 Å². The second-order valence-electron chi connectivity index (χ2n) is 5.44. The zero-order valence-corrected chi connectivity index (χ0v) is 14.8. The van der Waals surface area contributed by atoms with Crippen LogP contribution >= 0.6 is 11.6 Å². The molecule has 10 heteroatoms. The summed E-state index contributed by atoms with van der Waals surface area (Å²) in [6, 6.07) is 8.77. The summed E-state index contributed by atoms with van der Waals surface area (Å²) in [5.74, 6) is -1.44. The molecule has 2 aromatic rings. The highest BCUT2D eigenvalue weighted by Crippen LogP contribution is 2.24. The Morgan fingerprint density at radius 2 is 1.89 bits per heavy atom. The van der Waals surface area contributed by atoms with E-state index in [9.17, 15) is 24.1 Å². The summed E-state index contributed by atoms with van der Waals surface area (Å²) < 4.78 is 12.8. The van der Waals surface area contributed by atoms with Gasteiger partial charge >= 0.3 is 0 Å². The number of hydrazone groups is 1. The summed E-state index contributed by atoms with van der Waals surface area (Å²) in [6.45, 7) is 1.54. The second-order valence-corrected chi connectivity index (χ2v) is 5.85. The zero-order valence-electron chi connectivity index (χ0n) is 14.0. The van der Waals surface area contributed by atoms with Crippen molar-refractivity contribution in [3.63, 3.8) is 0 Å². The Bertz CT molecular complexity index is 916. The van der Waals surface area contributed by atoms with E-state index in [1.165, 1.54) is 37.3 Å². The normalized spacial score (nSPS) is 11.0. The quantitative estimate of drug-likeness (QED) is 0.444. The number of nitrogens with zero attached hydrogens (tertiary/aromatic N) is 2. The first kappa shape index (κ1) is 20.0. The van der Waals surface area contributed by atoms with E-state index >= 15 is 0 Å². The molecule has 0 aliphatic rings. The molecule has 0 saturated heterocycles. The Balaban J connectivity index is 1.93. The summed E-state index contributed by atoms with van der Waals surface area (Å²) in [4.78, 5) is 33.9. The molecule has 8 nitrogen and oxygen atoms in total. The monoisotopic (exact) mass is 392 g/mol. The smallest absolute Gasteiger partial charge is 0.287 e. The number of hydrogen-bond donors (Lipinski definition) is 2. The van der Waals surface area contributed by atoms with Crippen molar-refractivity contribution in [1.29, 1.82) is 0 Å². The van der Waals surface area contributed by atoms with E-state index in [0.717, 1.165) is 12.1 Å². The van der Waals surface area contributed by atoms with Gasteiger partial charge in [-0.25, -0.2) is 9.82 Å². The predicted octanol–water partition coefficient (Wildman–Crippen LogP) is 3.52. The van der Waals surface area contributed by atoms with Crippen molar-refractivity contribution in [3.8, 4) is 0 Å². The molecule has 0 bridgehead atoms. The molecule has 0 atom stereocenters. The van der Waals surface area contributed by atoms with Crippen LogP contribution in [0.2, 0.25) is 5.02 Å². The van der Waals surface area contributed by atoms with Gasteiger partial charge in [-0.05, 0) is 43.3 Å². The molecule has 2 aromatic carbocycles. The fraction of sp³-hybridized carbons (Fsp3) is 0.118. The third-order valence-corrected chi connectivity index (χ3v) is 3.60. The first-order valence-electron chi connectivity index (χ1n) is 7.59. The first-order valence-corrected chi connectivity index (χ1v) is 7.97. The summed E-state index contributed by atoms with van der Waals surface area (Å²) in [6.07, 6.45) is -0.0985. The summed E-state index contributed by atoms with van der Waals surface area (Å²) in [5.41, 5.74) is 2.75. The molecule has 0 fully saturated rings. The minimum atomic E-state index is -0.661. The van der Waals surface area contributed by atoms with Crippen molar-refractivity contribution in [2.45, 2.75) is 13.3 Å². The van der Waals surface area contributed by atoms with Crippen LogP contribution in [0.1, 0.15) is 23.7 Å². The first-order chi connectivity index (χ1) is 12.8. The van der Waals surface area contributed by atoms with Gasteiger partial charge in [0.1, 0.15) is 10.8 Å². The average molecular weight is 393 g/mol. The third kappa shape index (κ3) is 5.86. The van der Waals surface area contributed by atoms with Crippen molar-refractivity contribution < 1.29 is 18.9 Å². The van der Waals surface area contributed by atoms with E-state index < -0.39 is 22.6 Å². The highest BCUT2D eigenvalue weighted by molar-refractivity contribution is 6.33. The Morgan fingerprint density at radius 1 is 1.22 bits per heavy atom. The fourth-order valence-electron chi connectivity index (χ4n) is 2.02. The van der Waals surface area contributed by atoms with Gasteiger partial charge < -0.3 is 5.32 Å². The number of amides is 2. The molecule has 0 spiro atoms. The van der Waals surface area contributed by atoms with Crippen molar-refractivity contribution >= 4 is 40.5 Å². The second kappa shape index (κ2) is 8.86. The van der Waals surface area contributed by atoms with Gasteiger partial charge in [-0.2, -0.15) is 5.10 Å². The molecule has 2 amide bonds. The van der Waals surface area contributed by atoms with Crippen LogP contribution in [0.15, 0.2) is 47.6 Å². The van der Waals surface area contributed by atoms with Crippen LogP contribution in [0.25, 0.3) is 0 Å². The Morgan fingerprint density at radius 3 is 2.48 bits per heavy atom. The fourth-order valence-corrected chi connectivity index (χ4v) is 2.27. The molecule has 140 valence electrons. The Labute approximate surface area is 158 Å². The molecule has 27 heavy (non-hydrogen) atoms. The van der Waals surface area contributed by atoms with E-state index in [0.29, 0.717) is 11.4 Å². The summed E-state index contributed by atoms with van der Waals surface area (Å²) in [5, 5.41) is 16.9. The van der Waals surface area contributed by atoms with Crippen LogP contribution in [0, 0.1) is 15.9 Å². The molecule has 2 N–H and O–H groups in total. The third-order valence-electron chi connectivity index (χ3n) is 3.30. The molecular weight excluding hydrogens is 379 g/mol. The number of anilines is 1. The molecule has 0 radical (unpaired) electrons. The number of carbonyl (C=O) groups is 2. The summed E-state index contributed by atoms with van der Waals surface area (Å²) in [7, 11) is 0. The number of hydrogen-bond acceptors (Lipinski definition) is 5. The van der Waals surface area contributed by atoms with Crippen molar-refractivity contribution in [1.82, 2.24) is 5.43 Å². The maximum atomic E-state index is 12.8. The molecule has 2 rings (SSSR count). The zero-order chi connectivity index (χ0) is 20.0. The van der Waals surface area contributed by atoms with Crippen LogP contribution in [-0.4, -0.2) is 22.4 Å². The average Bonchev–Trinajstić information content (AvgIpc) is 2.61. The van der Waals surface area contributed by atoms with Gasteiger partial charge in [0.05, 0.1) is 11.3 Å². The lowest BCUT2D eigenvalue weighted by Crippen LogP contribution is -2.21. The highest BCUT2D eigenvalue weighted by atomic mass is 35.5. The van der Waals surface area contributed by atoms with Crippen molar-refractivity contribution in [3.05, 3.63) is 69.0 Å². The van der Waals surface area contributed by atoms with Gasteiger partial charge in [0.15, 0.2) is 0 Å². The minimum absolute atomic E-state index is 0.0814. The number of rotatable bonds is 6. The van der Waals surface area contributed by atoms with Gasteiger partial charge in [-0.3, -0.25) is 19.7 Å². The Kier molecular flexibility index (Phi) is 6.56. The molecule has 0 aromatic heterocycles. The van der Waals surface area contributed by atoms with E-state index in [2.05, 4.69) is 15.8 Å². The van der Waals surface area contributed by atoms with Crippen molar-refractivity contribution in [2.24, 2.45) is 5.10 Å². The lowest BCUT2D eigenvalue weighted by Gasteiger charge is -2.06. The lowest BCUT2D eigenvalue weighted by atomic mass is 10.2. The largest absolute Gasteiger partial charge is 0.326 e. The number of halogens is 2. The van der Waals surface area contributed by atoms with Crippen LogP contribution < -0.4 is 10.7 Å². The minimum Gasteiger partial charge on any atom is -0.326 e. The molecule has 0 aliphatic carbocycles. The number of nitro groups is 1. The predicted molar refractivity (Wildman–Crippen MR) is 98.3 cm³/mol.